The Bertz CT molecular complexity index is 699. The molecule has 0 aromatic heterocycles. The smallest absolute Gasteiger partial charge is 0.237 e. The first-order valence-corrected chi connectivity index (χ1v) is 9.34. The second-order valence-electron chi connectivity index (χ2n) is 5.40. The average molecular weight is 329 g/mol. The predicted molar refractivity (Wildman–Crippen MR) is 96.2 cm³/mol. The van der Waals surface area contributed by atoms with Gasteiger partial charge in [0.15, 0.2) is 0 Å². The molecule has 114 valence electrons. The molecule has 0 radical (unpaired) electrons. The molecule has 2 nitrogen and oxygen atoms in total. The molecule has 0 unspecified atom stereocenters. The first-order valence-electron chi connectivity index (χ1n) is 7.37. The van der Waals surface area contributed by atoms with Crippen molar-refractivity contribution >= 4 is 35.1 Å². The van der Waals surface area contributed by atoms with Gasteiger partial charge in [0, 0.05) is 22.1 Å². The summed E-state index contributed by atoms with van der Waals surface area (Å²) in [5.41, 5.74) is 3.62. The third kappa shape index (κ3) is 3.33. The first-order chi connectivity index (χ1) is 10.6. The molecule has 1 heterocycles. The van der Waals surface area contributed by atoms with E-state index in [1.54, 1.807) is 11.8 Å². The largest absolute Gasteiger partial charge is 0.310 e. The van der Waals surface area contributed by atoms with E-state index in [-0.39, 0.29) is 5.91 Å². The van der Waals surface area contributed by atoms with Gasteiger partial charge in [0.1, 0.15) is 0 Å². The van der Waals surface area contributed by atoms with Crippen LogP contribution in [-0.2, 0) is 4.79 Å². The molecule has 4 heteroatoms. The maximum Gasteiger partial charge on any atom is 0.237 e. The Morgan fingerprint density at radius 1 is 1.18 bits per heavy atom. The molecular formula is C18H19NOS2. The minimum absolute atomic E-state index is 0.191. The van der Waals surface area contributed by atoms with Crippen LogP contribution in [-0.4, -0.2) is 24.0 Å². The Balaban J connectivity index is 1.69. The maximum atomic E-state index is 12.6. The van der Waals surface area contributed by atoms with Gasteiger partial charge in [0.25, 0.3) is 0 Å². The highest BCUT2D eigenvalue weighted by atomic mass is 32.2. The molecule has 0 fully saturated rings. The zero-order valence-electron chi connectivity index (χ0n) is 12.8. The highest BCUT2D eigenvalue weighted by molar-refractivity contribution is 8.00. The normalized spacial score (nSPS) is 13.8. The van der Waals surface area contributed by atoms with Gasteiger partial charge < -0.3 is 4.90 Å². The Hall–Kier alpha value is -1.39. The van der Waals surface area contributed by atoms with Crippen molar-refractivity contribution in [2.45, 2.75) is 23.6 Å². The van der Waals surface area contributed by atoms with Crippen LogP contribution < -0.4 is 4.90 Å². The van der Waals surface area contributed by atoms with Crippen molar-refractivity contribution in [2.75, 3.05) is 23.0 Å². The fraction of sp³-hybridized carbons (Fsp3) is 0.278. The van der Waals surface area contributed by atoms with Crippen molar-refractivity contribution in [2.24, 2.45) is 0 Å². The lowest BCUT2D eigenvalue weighted by Gasteiger charge is -2.28. The third-order valence-corrected chi connectivity index (χ3v) is 5.89. The molecule has 0 aliphatic carbocycles. The Morgan fingerprint density at radius 2 is 2.00 bits per heavy atom. The van der Waals surface area contributed by atoms with E-state index < -0.39 is 0 Å². The quantitative estimate of drug-likeness (QED) is 0.771. The number of carbonyl (C=O) groups excluding carboxylic acids is 1. The van der Waals surface area contributed by atoms with Crippen molar-refractivity contribution in [3.05, 3.63) is 53.6 Å². The standard InChI is InChI=1S/C18H19NOS2/c1-13-7-8-15(11-14(13)2)22-12-18(20)19-9-10-21-17-6-4-3-5-16(17)19/h3-8,11H,9-10,12H2,1-2H3. The molecule has 1 aliphatic heterocycles. The van der Waals surface area contributed by atoms with E-state index in [9.17, 15) is 4.79 Å². The molecule has 0 saturated carbocycles. The number of fused-ring (bicyclic) bond motifs is 1. The van der Waals surface area contributed by atoms with Gasteiger partial charge in [-0.15, -0.1) is 23.5 Å². The van der Waals surface area contributed by atoms with E-state index >= 15 is 0 Å². The first kappa shape index (κ1) is 15.5. The van der Waals surface area contributed by atoms with Crippen LogP contribution in [0.15, 0.2) is 52.3 Å². The van der Waals surface area contributed by atoms with Crippen LogP contribution in [0.3, 0.4) is 0 Å². The van der Waals surface area contributed by atoms with E-state index in [0.29, 0.717) is 5.75 Å². The van der Waals surface area contributed by atoms with E-state index in [1.807, 2.05) is 34.9 Å². The van der Waals surface area contributed by atoms with E-state index in [2.05, 4.69) is 38.1 Å². The lowest BCUT2D eigenvalue weighted by molar-refractivity contribution is -0.116. The maximum absolute atomic E-state index is 12.6. The second-order valence-corrected chi connectivity index (χ2v) is 7.58. The van der Waals surface area contributed by atoms with Gasteiger partial charge in [0.05, 0.1) is 11.4 Å². The number of aryl methyl sites for hydroxylation is 2. The number of carbonyl (C=O) groups is 1. The van der Waals surface area contributed by atoms with Crippen LogP contribution in [0.1, 0.15) is 11.1 Å². The third-order valence-electron chi connectivity index (χ3n) is 3.87. The molecule has 1 amide bonds. The van der Waals surface area contributed by atoms with Gasteiger partial charge in [-0.3, -0.25) is 4.79 Å². The summed E-state index contributed by atoms with van der Waals surface area (Å²) in [7, 11) is 0. The van der Waals surface area contributed by atoms with Gasteiger partial charge in [-0.1, -0.05) is 18.2 Å². The lowest BCUT2D eigenvalue weighted by atomic mass is 10.1. The van der Waals surface area contributed by atoms with Gasteiger partial charge in [-0.2, -0.15) is 0 Å². The molecule has 0 bridgehead atoms. The van der Waals surface area contributed by atoms with Crippen LogP contribution in [0.5, 0.6) is 0 Å². The predicted octanol–water partition coefficient (Wildman–Crippen LogP) is 4.53. The fourth-order valence-corrected chi connectivity index (χ4v) is 4.32. The molecule has 2 aromatic carbocycles. The van der Waals surface area contributed by atoms with E-state index in [4.69, 9.17) is 0 Å². The summed E-state index contributed by atoms with van der Waals surface area (Å²) in [4.78, 5) is 16.9. The number of hydrogen-bond donors (Lipinski definition) is 0. The summed E-state index contributed by atoms with van der Waals surface area (Å²) in [5.74, 6) is 1.65. The van der Waals surface area contributed by atoms with Crippen molar-refractivity contribution in [1.29, 1.82) is 0 Å². The van der Waals surface area contributed by atoms with Crippen LogP contribution in [0.4, 0.5) is 5.69 Å². The summed E-state index contributed by atoms with van der Waals surface area (Å²) in [6, 6.07) is 14.5. The van der Waals surface area contributed by atoms with Crippen LogP contribution in [0.2, 0.25) is 0 Å². The number of amides is 1. The Labute approximate surface area is 140 Å². The second kappa shape index (κ2) is 6.80. The summed E-state index contributed by atoms with van der Waals surface area (Å²) < 4.78 is 0. The zero-order valence-corrected chi connectivity index (χ0v) is 14.5. The topological polar surface area (TPSA) is 20.3 Å². The number of rotatable bonds is 3. The molecule has 0 atom stereocenters. The zero-order chi connectivity index (χ0) is 15.5. The van der Waals surface area contributed by atoms with Gasteiger partial charge in [-0.25, -0.2) is 0 Å². The van der Waals surface area contributed by atoms with Crippen LogP contribution in [0, 0.1) is 13.8 Å². The highest BCUT2D eigenvalue weighted by Crippen LogP contribution is 2.34. The summed E-state index contributed by atoms with van der Waals surface area (Å²) >= 11 is 3.45. The Kier molecular flexibility index (Phi) is 4.79. The monoisotopic (exact) mass is 329 g/mol. The molecule has 0 N–H and O–H groups in total. The molecule has 0 spiro atoms. The lowest BCUT2D eigenvalue weighted by Crippen LogP contribution is -2.36. The summed E-state index contributed by atoms with van der Waals surface area (Å²) in [6.45, 7) is 5.02. The molecule has 0 saturated heterocycles. The minimum atomic E-state index is 0.191. The van der Waals surface area contributed by atoms with E-state index in [1.165, 1.54) is 16.0 Å². The molecule has 22 heavy (non-hydrogen) atoms. The number of benzene rings is 2. The van der Waals surface area contributed by atoms with Gasteiger partial charge >= 0.3 is 0 Å². The average Bonchev–Trinajstić information content (AvgIpc) is 2.55. The molecule has 3 rings (SSSR count). The fourth-order valence-electron chi connectivity index (χ4n) is 2.46. The highest BCUT2D eigenvalue weighted by Gasteiger charge is 2.22. The molecule has 2 aromatic rings. The summed E-state index contributed by atoms with van der Waals surface area (Å²) in [6.07, 6.45) is 0. The summed E-state index contributed by atoms with van der Waals surface area (Å²) in [5, 5.41) is 0. The van der Waals surface area contributed by atoms with Crippen molar-refractivity contribution in [3.63, 3.8) is 0 Å². The van der Waals surface area contributed by atoms with Gasteiger partial charge in [-0.05, 0) is 49.2 Å². The van der Waals surface area contributed by atoms with Crippen molar-refractivity contribution < 1.29 is 4.79 Å². The van der Waals surface area contributed by atoms with E-state index in [0.717, 1.165) is 22.9 Å². The number of nitrogens with zero attached hydrogens (tertiary/aromatic N) is 1. The number of para-hydroxylation sites is 1. The minimum Gasteiger partial charge on any atom is -0.310 e. The number of thioether (sulfide) groups is 2. The van der Waals surface area contributed by atoms with Crippen molar-refractivity contribution in [1.82, 2.24) is 0 Å². The molecule has 1 aliphatic rings. The SMILES string of the molecule is Cc1ccc(SCC(=O)N2CCSc3ccccc32)cc1C. The van der Waals surface area contributed by atoms with Crippen molar-refractivity contribution in [3.8, 4) is 0 Å². The number of anilines is 1. The van der Waals surface area contributed by atoms with Crippen LogP contribution >= 0.6 is 23.5 Å². The molecular weight excluding hydrogens is 310 g/mol. The Morgan fingerprint density at radius 3 is 2.82 bits per heavy atom. The number of hydrogen-bond acceptors (Lipinski definition) is 3. The van der Waals surface area contributed by atoms with Gasteiger partial charge in [0.2, 0.25) is 5.91 Å². The van der Waals surface area contributed by atoms with Crippen LogP contribution in [0.25, 0.3) is 0 Å².